The Morgan fingerprint density at radius 3 is 2.70 bits per heavy atom. The summed E-state index contributed by atoms with van der Waals surface area (Å²) in [4.78, 5) is 4.56. The Labute approximate surface area is 219 Å². The highest BCUT2D eigenvalue weighted by Gasteiger charge is 2.54. The first-order valence-electron chi connectivity index (χ1n) is 13.3. The zero-order valence-electron chi connectivity index (χ0n) is 21.5. The fourth-order valence-corrected chi connectivity index (χ4v) is 7.02. The fourth-order valence-electron chi connectivity index (χ4n) is 7.02. The fraction of sp³-hybridized carbons (Fsp3) is 0.303. The molecule has 7 rings (SSSR count). The van der Waals surface area contributed by atoms with Crippen molar-refractivity contribution < 1.29 is 14.3 Å². The molecule has 0 spiro atoms. The number of hydrogen-bond acceptors (Lipinski definition) is 3. The Balaban J connectivity index is 1.43. The van der Waals surface area contributed by atoms with Crippen LogP contribution in [0.3, 0.4) is 0 Å². The number of piperidine rings is 3. The minimum atomic E-state index is -0.588. The van der Waals surface area contributed by atoms with Gasteiger partial charge in [-0.05, 0) is 46.9 Å². The summed E-state index contributed by atoms with van der Waals surface area (Å²) in [7, 11) is 1.68. The van der Waals surface area contributed by atoms with Crippen LogP contribution in [0.5, 0.6) is 5.75 Å². The van der Waals surface area contributed by atoms with Gasteiger partial charge in [-0.3, -0.25) is 4.98 Å². The van der Waals surface area contributed by atoms with E-state index in [1.165, 1.54) is 23.1 Å². The zero-order chi connectivity index (χ0) is 25.4. The highest BCUT2D eigenvalue weighted by molar-refractivity contribution is 5.84. The SMILES string of the molecule is C=CC1C[N+]2(Cc3ccccc3-c3ccccc3)CCC1CC2[C@H](O)c1ccnc2ccc(OC)cc12. The predicted octanol–water partition coefficient (Wildman–Crippen LogP) is 6.56. The molecule has 3 aromatic carbocycles. The van der Waals surface area contributed by atoms with Gasteiger partial charge in [0.1, 0.15) is 24.4 Å². The van der Waals surface area contributed by atoms with Gasteiger partial charge in [0.25, 0.3) is 0 Å². The molecule has 37 heavy (non-hydrogen) atoms. The van der Waals surface area contributed by atoms with Crippen LogP contribution in [0.1, 0.15) is 30.1 Å². The summed E-state index contributed by atoms with van der Waals surface area (Å²) < 4.78 is 6.39. The van der Waals surface area contributed by atoms with E-state index in [9.17, 15) is 5.11 Å². The summed E-state index contributed by atoms with van der Waals surface area (Å²) in [5, 5.41) is 13.1. The van der Waals surface area contributed by atoms with Gasteiger partial charge < -0.3 is 14.3 Å². The molecule has 5 atom stereocenters. The van der Waals surface area contributed by atoms with Gasteiger partial charge in [0.15, 0.2) is 0 Å². The molecule has 4 nitrogen and oxygen atoms in total. The second-order valence-corrected chi connectivity index (χ2v) is 10.8. The summed E-state index contributed by atoms with van der Waals surface area (Å²) in [6.45, 7) is 7.19. The van der Waals surface area contributed by atoms with Crippen LogP contribution in [0.15, 0.2) is 97.7 Å². The average molecular weight is 492 g/mol. The van der Waals surface area contributed by atoms with E-state index in [-0.39, 0.29) is 6.04 Å². The number of quaternary nitrogens is 1. The molecule has 0 saturated carbocycles. The molecule has 4 heteroatoms. The second-order valence-electron chi connectivity index (χ2n) is 10.8. The summed E-state index contributed by atoms with van der Waals surface area (Å²) in [6, 6.07) is 27.5. The van der Waals surface area contributed by atoms with E-state index in [1.54, 1.807) is 7.11 Å². The van der Waals surface area contributed by atoms with Crippen LogP contribution in [0, 0.1) is 11.8 Å². The largest absolute Gasteiger partial charge is 0.497 e. The molecule has 1 N–H and O–H groups in total. The maximum Gasteiger partial charge on any atom is 0.131 e. The number of aliphatic hydroxyl groups is 1. The lowest BCUT2D eigenvalue weighted by molar-refractivity contribution is -0.984. The average Bonchev–Trinajstić information content (AvgIpc) is 2.96. The minimum absolute atomic E-state index is 0.107. The van der Waals surface area contributed by atoms with Gasteiger partial charge in [-0.2, -0.15) is 0 Å². The molecule has 4 aromatic rings. The number of hydrogen-bond donors (Lipinski definition) is 1. The number of rotatable bonds is 7. The molecule has 4 heterocycles. The standard InChI is InChI=1S/C33H35N2O2/c1-3-23-21-35(22-26-11-7-8-12-28(26)24-9-5-4-6-10-24)18-16-25(23)19-32(35)33(36)29-15-17-34-31-14-13-27(37-2)20-30(29)31/h3-15,17,20,23,25,32-33,36H,1,16,18-19,21-22H2,2H3/q+1/t23?,25?,32?,33-,35?/m1/s1. The normalized spacial score (nSPS) is 25.6. The lowest BCUT2D eigenvalue weighted by atomic mass is 9.71. The van der Waals surface area contributed by atoms with E-state index in [2.05, 4.69) is 72.2 Å². The van der Waals surface area contributed by atoms with Crippen molar-refractivity contribution in [1.29, 1.82) is 0 Å². The molecule has 3 saturated heterocycles. The summed E-state index contributed by atoms with van der Waals surface area (Å²) in [5.74, 6) is 1.84. The molecule has 0 radical (unpaired) electrons. The van der Waals surface area contributed by atoms with Gasteiger partial charge in [0.05, 0.1) is 25.7 Å². The summed E-state index contributed by atoms with van der Waals surface area (Å²) in [5.41, 5.74) is 5.71. The van der Waals surface area contributed by atoms with Crippen LogP contribution in [-0.4, -0.2) is 40.8 Å². The maximum absolute atomic E-state index is 12.1. The van der Waals surface area contributed by atoms with E-state index < -0.39 is 6.10 Å². The number of methoxy groups -OCH3 is 1. The van der Waals surface area contributed by atoms with Crippen molar-refractivity contribution in [3.05, 3.63) is 109 Å². The smallest absolute Gasteiger partial charge is 0.131 e. The third kappa shape index (κ3) is 4.24. The van der Waals surface area contributed by atoms with E-state index in [0.717, 1.165) is 52.8 Å². The van der Waals surface area contributed by atoms with Crippen molar-refractivity contribution in [3.8, 4) is 16.9 Å². The van der Waals surface area contributed by atoms with Gasteiger partial charge in [0.2, 0.25) is 0 Å². The first-order valence-corrected chi connectivity index (χ1v) is 13.3. The van der Waals surface area contributed by atoms with Crippen molar-refractivity contribution in [2.24, 2.45) is 11.8 Å². The Bertz CT molecular complexity index is 1420. The molecule has 3 fully saturated rings. The number of pyridine rings is 1. The van der Waals surface area contributed by atoms with Crippen LogP contribution < -0.4 is 4.74 Å². The molecule has 3 aliphatic rings. The number of ether oxygens (including phenoxy) is 1. The molecule has 4 unspecified atom stereocenters. The van der Waals surface area contributed by atoms with Crippen molar-refractivity contribution in [2.45, 2.75) is 31.5 Å². The molecule has 3 aliphatic heterocycles. The third-order valence-electron chi connectivity index (χ3n) is 8.93. The van der Waals surface area contributed by atoms with Gasteiger partial charge >= 0.3 is 0 Å². The van der Waals surface area contributed by atoms with E-state index in [4.69, 9.17) is 4.74 Å². The second kappa shape index (κ2) is 9.77. The van der Waals surface area contributed by atoms with E-state index >= 15 is 0 Å². The predicted molar refractivity (Wildman–Crippen MR) is 149 cm³/mol. The Kier molecular flexibility index (Phi) is 6.31. The number of aromatic nitrogens is 1. The highest BCUT2D eigenvalue weighted by Crippen LogP contribution is 2.48. The number of aliphatic hydroxyl groups excluding tert-OH is 1. The van der Waals surface area contributed by atoms with Crippen LogP contribution in [-0.2, 0) is 6.54 Å². The number of benzene rings is 3. The molecular formula is C33H35N2O2+. The van der Waals surface area contributed by atoms with Crippen molar-refractivity contribution in [3.63, 3.8) is 0 Å². The molecule has 0 amide bonds. The molecule has 0 aliphatic carbocycles. The molecule has 2 bridgehead atoms. The van der Waals surface area contributed by atoms with Gasteiger partial charge in [0, 0.05) is 35.9 Å². The van der Waals surface area contributed by atoms with Gasteiger partial charge in [-0.15, -0.1) is 6.58 Å². The quantitative estimate of drug-likeness (QED) is 0.235. The van der Waals surface area contributed by atoms with Crippen molar-refractivity contribution in [1.82, 2.24) is 4.98 Å². The minimum Gasteiger partial charge on any atom is -0.497 e. The topological polar surface area (TPSA) is 42.4 Å². The Morgan fingerprint density at radius 2 is 1.89 bits per heavy atom. The van der Waals surface area contributed by atoms with Crippen molar-refractivity contribution in [2.75, 3.05) is 20.2 Å². The molecule has 188 valence electrons. The lowest BCUT2D eigenvalue weighted by Crippen LogP contribution is -2.67. The Hall–Kier alpha value is -3.47. The van der Waals surface area contributed by atoms with Gasteiger partial charge in [-0.25, -0.2) is 0 Å². The van der Waals surface area contributed by atoms with Crippen LogP contribution in [0.4, 0.5) is 0 Å². The Morgan fingerprint density at radius 1 is 1.08 bits per heavy atom. The lowest BCUT2D eigenvalue weighted by Gasteiger charge is -2.58. The number of nitrogens with zero attached hydrogens (tertiary/aromatic N) is 2. The highest BCUT2D eigenvalue weighted by atomic mass is 16.5. The third-order valence-corrected chi connectivity index (χ3v) is 8.93. The molecule has 1 aromatic heterocycles. The first-order chi connectivity index (χ1) is 18.1. The van der Waals surface area contributed by atoms with Crippen molar-refractivity contribution >= 4 is 10.9 Å². The van der Waals surface area contributed by atoms with Crippen LogP contribution in [0.2, 0.25) is 0 Å². The van der Waals surface area contributed by atoms with E-state index in [1.807, 2.05) is 30.5 Å². The van der Waals surface area contributed by atoms with Crippen LogP contribution >= 0.6 is 0 Å². The van der Waals surface area contributed by atoms with Gasteiger partial charge in [-0.1, -0.05) is 60.7 Å². The summed E-state index contributed by atoms with van der Waals surface area (Å²) in [6.07, 6.45) is 5.58. The number of fused-ring (bicyclic) bond motifs is 4. The van der Waals surface area contributed by atoms with E-state index in [0.29, 0.717) is 11.8 Å². The first kappa shape index (κ1) is 23.9. The van der Waals surface area contributed by atoms with Crippen LogP contribution in [0.25, 0.3) is 22.0 Å². The maximum atomic E-state index is 12.1. The molecular weight excluding hydrogens is 456 g/mol. The zero-order valence-corrected chi connectivity index (χ0v) is 21.5. The monoisotopic (exact) mass is 491 g/mol. The summed E-state index contributed by atoms with van der Waals surface area (Å²) >= 11 is 0.